The molecule has 1 aliphatic rings. The van der Waals surface area contributed by atoms with Crippen molar-refractivity contribution in [1.29, 1.82) is 0 Å². The Balaban J connectivity index is 1.99. The lowest BCUT2D eigenvalue weighted by Crippen LogP contribution is -2.50. The van der Waals surface area contributed by atoms with Crippen LogP contribution in [0.1, 0.15) is 81.7 Å². The highest BCUT2D eigenvalue weighted by Crippen LogP contribution is 2.45. The van der Waals surface area contributed by atoms with Gasteiger partial charge in [-0.1, -0.05) is 65.8 Å². The molecule has 2 aromatic carbocycles. The summed E-state index contributed by atoms with van der Waals surface area (Å²) < 4.78 is 25.3. The van der Waals surface area contributed by atoms with Crippen molar-refractivity contribution in [2.24, 2.45) is 0 Å². The molecule has 0 bridgehead atoms. The fourth-order valence-electron chi connectivity index (χ4n) is 5.99. The highest BCUT2D eigenvalue weighted by atomic mass is 28.4. The van der Waals surface area contributed by atoms with Crippen LogP contribution in [0.25, 0.3) is 0 Å². The average Bonchev–Trinajstić information content (AvgIpc) is 3.11. The highest BCUT2D eigenvalue weighted by molar-refractivity contribution is 6.78. The zero-order chi connectivity index (χ0) is 29.2. The lowest BCUT2D eigenvalue weighted by Gasteiger charge is -2.42. The molecule has 0 radical (unpaired) electrons. The fourth-order valence-corrected chi connectivity index (χ4v) is 11.2. The second-order valence-electron chi connectivity index (χ2n) is 13.1. The number of hydrogen-bond acceptors (Lipinski definition) is 5. The van der Waals surface area contributed by atoms with Gasteiger partial charge >= 0.3 is 6.09 Å². The van der Waals surface area contributed by atoms with Crippen molar-refractivity contribution < 1.29 is 23.4 Å². The summed E-state index contributed by atoms with van der Waals surface area (Å²) in [5.74, 6) is 2.23. The molecule has 1 aliphatic heterocycles. The molecule has 216 valence electrons. The van der Waals surface area contributed by atoms with E-state index in [4.69, 9.17) is 18.6 Å². The molecular formula is C32H49NO5Si. The first-order valence-electron chi connectivity index (χ1n) is 14.3. The van der Waals surface area contributed by atoms with E-state index in [-0.39, 0.29) is 12.1 Å². The summed E-state index contributed by atoms with van der Waals surface area (Å²) >= 11 is 0. The van der Waals surface area contributed by atoms with Gasteiger partial charge in [0.1, 0.15) is 22.8 Å². The Morgan fingerprint density at radius 1 is 0.974 bits per heavy atom. The number of benzene rings is 2. The van der Waals surface area contributed by atoms with Gasteiger partial charge in [-0.05, 0) is 87.5 Å². The number of ether oxygens (including phenoxy) is 3. The predicted octanol–water partition coefficient (Wildman–Crippen LogP) is 8.95. The van der Waals surface area contributed by atoms with Crippen molar-refractivity contribution in [3.8, 4) is 17.2 Å². The van der Waals surface area contributed by atoms with Crippen molar-refractivity contribution in [2.45, 2.75) is 117 Å². The van der Waals surface area contributed by atoms with Crippen LogP contribution in [-0.4, -0.2) is 43.3 Å². The summed E-state index contributed by atoms with van der Waals surface area (Å²) in [5, 5.41) is 0. The minimum absolute atomic E-state index is 0.165. The van der Waals surface area contributed by atoms with Crippen LogP contribution in [-0.2, 0) is 15.9 Å². The maximum absolute atomic E-state index is 13.2. The topological polar surface area (TPSA) is 57.2 Å². The van der Waals surface area contributed by atoms with Gasteiger partial charge in [-0.2, -0.15) is 0 Å². The van der Waals surface area contributed by atoms with Gasteiger partial charge in [0.05, 0.1) is 12.6 Å². The lowest BCUT2D eigenvalue weighted by molar-refractivity contribution is -0.0624. The monoisotopic (exact) mass is 555 g/mol. The number of hydrogen-bond donors (Lipinski definition) is 0. The molecular weight excluding hydrogens is 506 g/mol. The molecule has 0 aliphatic carbocycles. The largest absolute Gasteiger partial charge is 0.540 e. The number of para-hydroxylation sites is 1. The van der Waals surface area contributed by atoms with E-state index in [1.165, 1.54) is 0 Å². The van der Waals surface area contributed by atoms with Gasteiger partial charge in [-0.15, -0.1) is 0 Å². The number of carbonyl (C=O) groups excluding carboxylic acids is 1. The number of amides is 1. The minimum atomic E-state index is -2.21. The second-order valence-corrected chi connectivity index (χ2v) is 18.5. The standard InChI is InChI=1S/C32H49NO5Si/c1-22(2)39(23(3)4,24(5)6)38-28-18-17-25(20-29(28)36-27-15-13-12-14-16-27)19-26-21-35-32(10,11)33(26)30(34)37-31(7,8)9/h12-18,20,22-24,26H,19,21H2,1-11H3/t26-/m0/s1. The molecule has 0 saturated carbocycles. The Hall–Kier alpha value is -2.51. The molecule has 0 spiro atoms. The number of carbonyl (C=O) groups is 1. The van der Waals surface area contributed by atoms with Crippen LogP contribution < -0.4 is 9.16 Å². The zero-order valence-corrected chi connectivity index (χ0v) is 26.8. The Labute approximate surface area is 237 Å². The quantitative estimate of drug-likeness (QED) is 0.289. The van der Waals surface area contributed by atoms with Crippen LogP contribution in [0.2, 0.25) is 16.6 Å². The molecule has 2 aromatic rings. The zero-order valence-electron chi connectivity index (χ0n) is 25.8. The van der Waals surface area contributed by atoms with Gasteiger partial charge in [0.25, 0.3) is 8.32 Å². The molecule has 39 heavy (non-hydrogen) atoms. The van der Waals surface area contributed by atoms with Crippen molar-refractivity contribution in [3.05, 3.63) is 54.1 Å². The van der Waals surface area contributed by atoms with Gasteiger partial charge in [0, 0.05) is 0 Å². The van der Waals surface area contributed by atoms with Crippen LogP contribution >= 0.6 is 0 Å². The van der Waals surface area contributed by atoms with Crippen LogP contribution in [0.3, 0.4) is 0 Å². The van der Waals surface area contributed by atoms with Crippen molar-refractivity contribution >= 4 is 14.4 Å². The normalized spacial score (nSPS) is 17.7. The van der Waals surface area contributed by atoms with Gasteiger partial charge in [0.2, 0.25) is 0 Å². The van der Waals surface area contributed by atoms with E-state index in [2.05, 4.69) is 53.7 Å². The summed E-state index contributed by atoms with van der Waals surface area (Å²) in [4.78, 5) is 14.9. The molecule has 1 heterocycles. The summed E-state index contributed by atoms with van der Waals surface area (Å²) in [6.45, 7) is 23.6. The first kappa shape index (κ1) is 31.0. The number of rotatable bonds is 9. The molecule has 0 unspecified atom stereocenters. The van der Waals surface area contributed by atoms with Crippen molar-refractivity contribution in [1.82, 2.24) is 4.90 Å². The third kappa shape index (κ3) is 7.17. The lowest BCUT2D eigenvalue weighted by atomic mass is 10.0. The molecule has 6 nitrogen and oxygen atoms in total. The average molecular weight is 556 g/mol. The Bertz CT molecular complexity index is 1090. The van der Waals surface area contributed by atoms with E-state index in [1.54, 1.807) is 4.90 Å². The maximum Gasteiger partial charge on any atom is 0.412 e. The van der Waals surface area contributed by atoms with Gasteiger partial charge in [-0.3, -0.25) is 4.90 Å². The first-order chi connectivity index (χ1) is 18.1. The van der Waals surface area contributed by atoms with E-state index in [0.717, 1.165) is 17.1 Å². The summed E-state index contributed by atoms with van der Waals surface area (Å²) in [6, 6.07) is 15.8. The van der Waals surface area contributed by atoms with E-state index < -0.39 is 19.6 Å². The van der Waals surface area contributed by atoms with E-state index in [0.29, 0.717) is 35.4 Å². The third-order valence-electron chi connectivity index (χ3n) is 7.61. The van der Waals surface area contributed by atoms with Crippen LogP contribution in [0, 0.1) is 0 Å². The predicted molar refractivity (Wildman–Crippen MR) is 160 cm³/mol. The van der Waals surface area contributed by atoms with Crippen molar-refractivity contribution in [2.75, 3.05) is 6.61 Å². The molecule has 7 heteroatoms. The van der Waals surface area contributed by atoms with Crippen LogP contribution in [0.15, 0.2) is 48.5 Å². The molecule has 1 atom stereocenters. The molecule has 0 aromatic heterocycles. The molecule has 3 rings (SSSR count). The Morgan fingerprint density at radius 2 is 1.56 bits per heavy atom. The minimum Gasteiger partial charge on any atom is -0.540 e. The number of nitrogens with zero attached hydrogens (tertiary/aromatic N) is 1. The second kappa shape index (κ2) is 11.9. The van der Waals surface area contributed by atoms with Crippen LogP contribution in [0.5, 0.6) is 17.2 Å². The summed E-state index contributed by atoms with van der Waals surface area (Å²) in [6.07, 6.45) is 0.243. The maximum atomic E-state index is 13.2. The molecule has 1 amide bonds. The summed E-state index contributed by atoms with van der Waals surface area (Å²) in [5.41, 5.74) is 0.997. The van der Waals surface area contributed by atoms with E-state index in [9.17, 15) is 4.79 Å². The van der Waals surface area contributed by atoms with Crippen molar-refractivity contribution in [3.63, 3.8) is 0 Å². The molecule has 1 saturated heterocycles. The molecule has 1 fully saturated rings. The van der Waals surface area contributed by atoms with Crippen LogP contribution in [0.4, 0.5) is 4.79 Å². The SMILES string of the molecule is CC(C)[Si](Oc1ccc(C[C@H]2COC(C)(C)N2C(=O)OC(C)(C)C)cc1Oc1ccccc1)(C(C)C)C(C)C. The highest BCUT2D eigenvalue weighted by Gasteiger charge is 2.48. The Morgan fingerprint density at radius 3 is 2.10 bits per heavy atom. The van der Waals surface area contributed by atoms with E-state index >= 15 is 0 Å². The van der Waals surface area contributed by atoms with Gasteiger partial charge in [-0.25, -0.2) is 4.79 Å². The van der Waals surface area contributed by atoms with E-state index in [1.807, 2.05) is 71.0 Å². The van der Waals surface area contributed by atoms with Gasteiger partial charge in [0.15, 0.2) is 5.75 Å². The third-order valence-corrected chi connectivity index (χ3v) is 13.6. The summed E-state index contributed by atoms with van der Waals surface area (Å²) in [7, 11) is -2.21. The van der Waals surface area contributed by atoms with Gasteiger partial charge < -0.3 is 18.6 Å². The fraction of sp³-hybridized carbons (Fsp3) is 0.594. The first-order valence-corrected chi connectivity index (χ1v) is 16.4. The smallest absolute Gasteiger partial charge is 0.412 e. The molecule has 0 N–H and O–H groups in total. The Kier molecular flexibility index (Phi) is 9.49.